The molecule has 1 fully saturated rings. The summed E-state index contributed by atoms with van der Waals surface area (Å²) in [5.74, 6) is -0.183. The summed E-state index contributed by atoms with van der Waals surface area (Å²) in [6.45, 7) is 2.94. The van der Waals surface area contributed by atoms with E-state index in [4.69, 9.17) is 4.74 Å². The maximum atomic E-state index is 13.0. The van der Waals surface area contributed by atoms with Crippen LogP contribution in [0.1, 0.15) is 11.1 Å². The number of ether oxygens (including phenoxy) is 1. The zero-order valence-corrected chi connectivity index (χ0v) is 19.6. The third kappa shape index (κ3) is 4.76. The molecule has 1 saturated heterocycles. The molecule has 34 heavy (non-hydrogen) atoms. The first kappa shape index (κ1) is 22.7. The van der Waals surface area contributed by atoms with Crippen LogP contribution in [-0.4, -0.2) is 56.4 Å². The third-order valence-electron chi connectivity index (χ3n) is 6.21. The van der Waals surface area contributed by atoms with Crippen LogP contribution in [0.2, 0.25) is 0 Å². The monoisotopic (exact) mass is 477 g/mol. The second-order valence-electron chi connectivity index (χ2n) is 8.55. The van der Waals surface area contributed by atoms with Crippen molar-refractivity contribution in [2.24, 2.45) is 0 Å². The van der Waals surface area contributed by atoms with Crippen LogP contribution < -0.4 is 5.32 Å². The van der Waals surface area contributed by atoms with Gasteiger partial charge in [0.2, 0.25) is 15.9 Å². The summed E-state index contributed by atoms with van der Waals surface area (Å²) >= 11 is 0. The molecule has 0 saturated carbocycles. The SMILES string of the molecule is O=C(CN1Cc2ccccc2-c2ccccc2C1)Nc1cccc(S(=O)(=O)N2CCOCC2)c1. The molecular weight excluding hydrogens is 450 g/mol. The van der Waals surface area contributed by atoms with Crippen molar-refractivity contribution in [3.63, 3.8) is 0 Å². The smallest absolute Gasteiger partial charge is 0.243 e. The Hall–Kier alpha value is -3.04. The first-order valence-electron chi connectivity index (χ1n) is 11.4. The van der Waals surface area contributed by atoms with Crippen molar-refractivity contribution in [2.45, 2.75) is 18.0 Å². The van der Waals surface area contributed by atoms with Gasteiger partial charge in [-0.1, -0.05) is 54.6 Å². The van der Waals surface area contributed by atoms with E-state index in [9.17, 15) is 13.2 Å². The lowest BCUT2D eigenvalue weighted by Crippen LogP contribution is -2.40. The summed E-state index contributed by atoms with van der Waals surface area (Å²) in [6, 6.07) is 23.0. The molecule has 3 aromatic rings. The Morgan fingerprint density at radius 3 is 2.12 bits per heavy atom. The van der Waals surface area contributed by atoms with Crippen molar-refractivity contribution >= 4 is 21.6 Å². The van der Waals surface area contributed by atoms with E-state index in [0.29, 0.717) is 45.1 Å². The number of anilines is 1. The topological polar surface area (TPSA) is 79.0 Å². The minimum Gasteiger partial charge on any atom is -0.379 e. The minimum absolute atomic E-state index is 0.171. The van der Waals surface area contributed by atoms with Crippen molar-refractivity contribution in [1.29, 1.82) is 0 Å². The molecule has 0 bridgehead atoms. The third-order valence-corrected chi connectivity index (χ3v) is 8.10. The van der Waals surface area contributed by atoms with Gasteiger partial charge in [0.1, 0.15) is 0 Å². The average molecular weight is 478 g/mol. The van der Waals surface area contributed by atoms with E-state index in [-0.39, 0.29) is 17.3 Å². The van der Waals surface area contributed by atoms with Gasteiger partial charge in [0, 0.05) is 31.9 Å². The Morgan fingerprint density at radius 2 is 1.47 bits per heavy atom. The van der Waals surface area contributed by atoms with E-state index in [1.807, 2.05) is 24.3 Å². The molecule has 5 rings (SSSR count). The summed E-state index contributed by atoms with van der Waals surface area (Å²) in [5.41, 5.74) is 5.22. The standard InChI is InChI=1S/C26H27N3O4S/c30-26(27-22-8-5-9-23(16-22)34(31,32)29-12-14-33-15-13-29)19-28-17-20-6-1-3-10-24(20)25-11-4-2-7-21(25)18-28/h1-11,16H,12-15,17-19H2,(H,27,30). The molecule has 0 atom stereocenters. The van der Waals surface area contributed by atoms with Crippen molar-refractivity contribution < 1.29 is 17.9 Å². The molecule has 2 aliphatic rings. The number of benzene rings is 3. The summed E-state index contributed by atoms with van der Waals surface area (Å²) in [4.78, 5) is 15.2. The van der Waals surface area contributed by atoms with E-state index in [1.54, 1.807) is 18.2 Å². The highest BCUT2D eigenvalue weighted by molar-refractivity contribution is 7.89. The fourth-order valence-corrected chi connectivity index (χ4v) is 6.02. The second-order valence-corrected chi connectivity index (χ2v) is 10.5. The zero-order valence-electron chi connectivity index (χ0n) is 18.8. The van der Waals surface area contributed by atoms with Gasteiger partial charge in [-0.05, 0) is 40.5 Å². The van der Waals surface area contributed by atoms with Gasteiger partial charge in [0.25, 0.3) is 0 Å². The number of hydrogen-bond acceptors (Lipinski definition) is 5. The second kappa shape index (κ2) is 9.68. The average Bonchev–Trinajstić information content (AvgIpc) is 3.01. The lowest BCUT2D eigenvalue weighted by Gasteiger charge is -2.26. The van der Waals surface area contributed by atoms with E-state index in [2.05, 4.69) is 34.5 Å². The number of nitrogens with zero attached hydrogens (tertiary/aromatic N) is 2. The minimum atomic E-state index is -3.63. The van der Waals surface area contributed by atoms with Gasteiger partial charge in [-0.25, -0.2) is 8.42 Å². The first-order chi connectivity index (χ1) is 16.5. The molecular formula is C26H27N3O4S. The van der Waals surface area contributed by atoms with Crippen LogP contribution in [0.4, 0.5) is 5.69 Å². The summed E-state index contributed by atoms with van der Waals surface area (Å²) in [5, 5.41) is 2.88. The Labute approximate surface area is 200 Å². The quantitative estimate of drug-likeness (QED) is 0.610. The van der Waals surface area contributed by atoms with Crippen LogP contribution in [0.5, 0.6) is 0 Å². The van der Waals surface area contributed by atoms with Crippen LogP contribution in [0.15, 0.2) is 77.7 Å². The number of hydrogen-bond donors (Lipinski definition) is 1. The number of amides is 1. The van der Waals surface area contributed by atoms with Crippen LogP contribution in [0, 0.1) is 0 Å². The Morgan fingerprint density at radius 1 is 0.853 bits per heavy atom. The molecule has 3 aromatic carbocycles. The maximum absolute atomic E-state index is 13.0. The predicted octanol–water partition coefficient (Wildman–Crippen LogP) is 3.33. The van der Waals surface area contributed by atoms with Crippen LogP contribution in [0.3, 0.4) is 0 Å². The number of fused-ring (bicyclic) bond motifs is 3. The number of sulfonamides is 1. The normalized spacial score (nSPS) is 16.8. The number of nitrogens with one attached hydrogen (secondary N) is 1. The molecule has 1 amide bonds. The van der Waals surface area contributed by atoms with Gasteiger partial charge in [-0.2, -0.15) is 4.31 Å². The number of carbonyl (C=O) groups excluding carboxylic acids is 1. The number of carbonyl (C=O) groups is 1. The molecule has 2 aliphatic heterocycles. The molecule has 0 unspecified atom stereocenters. The lowest BCUT2D eigenvalue weighted by atomic mass is 9.97. The molecule has 176 valence electrons. The van der Waals surface area contributed by atoms with Crippen molar-refractivity contribution in [3.05, 3.63) is 83.9 Å². The van der Waals surface area contributed by atoms with Gasteiger partial charge >= 0.3 is 0 Å². The number of rotatable bonds is 5. The lowest BCUT2D eigenvalue weighted by molar-refractivity contribution is -0.117. The molecule has 0 aliphatic carbocycles. The molecule has 8 heteroatoms. The van der Waals surface area contributed by atoms with E-state index >= 15 is 0 Å². The number of morpholine rings is 1. The molecule has 0 aromatic heterocycles. The highest BCUT2D eigenvalue weighted by Gasteiger charge is 2.27. The van der Waals surface area contributed by atoms with Crippen LogP contribution >= 0.6 is 0 Å². The van der Waals surface area contributed by atoms with Crippen molar-refractivity contribution in [2.75, 3.05) is 38.2 Å². The van der Waals surface area contributed by atoms with Gasteiger partial charge in [0.05, 0.1) is 24.7 Å². The molecule has 1 N–H and O–H groups in total. The Bertz CT molecular complexity index is 1260. The Balaban J connectivity index is 1.31. The molecule has 0 spiro atoms. The van der Waals surface area contributed by atoms with Crippen LogP contribution in [0.25, 0.3) is 11.1 Å². The van der Waals surface area contributed by atoms with Gasteiger partial charge in [0.15, 0.2) is 0 Å². The van der Waals surface area contributed by atoms with Crippen LogP contribution in [-0.2, 0) is 32.6 Å². The first-order valence-corrected chi connectivity index (χ1v) is 12.8. The maximum Gasteiger partial charge on any atom is 0.243 e. The zero-order chi connectivity index (χ0) is 23.5. The van der Waals surface area contributed by atoms with Gasteiger partial charge in [-0.3, -0.25) is 9.69 Å². The summed E-state index contributed by atoms with van der Waals surface area (Å²) in [6.07, 6.45) is 0. The fourth-order valence-electron chi connectivity index (χ4n) is 4.57. The van der Waals surface area contributed by atoms with E-state index < -0.39 is 10.0 Å². The molecule has 2 heterocycles. The highest BCUT2D eigenvalue weighted by Crippen LogP contribution is 2.32. The molecule has 0 radical (unpaired) electrons. The predicted molar refractivity (Wildman–Crippen MR) is 131 cm³/mol. The van der Waals surface area contributed by atoms with Crippen molar-refractivity contribution in [3.8, 4) is 11.1 Å². The summed E-state index contributed by atoms with van der Waals surface area (Å²) in [7, 11) is -3.63. The van der Waals surface area contributed by atoms with Gasteiger partial charge < -0.3 is 10.1 Å². The summed E-state index contributed by atoms with van der Waals surface area (Å²) < 4.78 is 32.6. The van der Waals surface area contributed by atoms with Gasteiger partial charge in [-0.15, -0.1) is 0 Å². The molecule has 7 nitrogen and oxygen atoms in total. The Kier molecular flexibility index (Phi) is 6.47. The van der Waals surface area contributed by atoms with E-state index in [1.165, 1.54) is 32.6 Å². The van der Waals surface area contributed by atoms with Crippen molar-refractivity contribution in [1.82, 2.24) is 9.21 Å². The largest absolute Gasteiger partial charge is 0.379 e. The fraction of sp³-hybridized carbons (Fsp3) is 0.269. The van der Waals surface area contributed by atoms with E-state index in [0.717, 1.165) is 0 Å². The highest BCUT2D eigenvalue weighted by atomic mass is 32.2.